The number of para-hydroxylation sites is 2. The molecule has 4 fully saturated rings. The van der Waals surface area contributed by atoms with Crippen molar-refractivity contribution in [2.75, 3.05) is 31.0 Å². The molecule has 1 aliphatic heterocycles. The third-order valence-corrected chi connectivity index (χ3v) is 11.3. The van der Waals surface area contributed by atoms with Gasteiger partial charge < -0.3 is 14.7 Å². The van der Waals surface area contributed by atoms with Crippen molar-refractivity contribution in [1.82, 2.24) is 4.90 Å². The maximum Gasteiger partial charge on any atom is 0.268 e. The molecule has 4 saturated carbocycles. The number of nitrogens with zero attached hydrogens (tertiary/aromatic N) is 2. The summed E-state index contributed by atoms with van der Waals surface area (Å²) in [6, 6.07) is 12.0. The molecule has 8 heteroatoms. The number of aliphatic hydroxyl groups is 1. The van der Waals surface area contributed by atoms with Gasteiger partial charge in [0.25, 0.3) is 10.0 Å². The van der Waals surface area contributed by atoms with Gasteiger partial charge in [-0.25, -0.2) is 8.42 Å². The number of benzene rings is 2. The van der Waals surface area contributed by atoms with Gasteiger partial charge in [0.2, 0.25) is 0 Å². The number of likely N-dealkylation sites (N-methyl/N-ethyl adjacent to an activating group) is 1. The van der Waals surface area contributed by atoms with Gasteiger partial charge in [-0.2, -0.15) is 0 Å². The molecule has 0 saturated heterocycles. The Morgan fingerprint density at radius 3 is 2.43 bits per heavy atom. The fourth-order valence-corrected chi connectivity index (χ4v) is 9.82. The molecule has 0 aromatic heterocycles. The van der Waals surface area contributed by atoms with Gasteiger partial charge in [-0.15, -0.1) is 0 Å². The summed E-state index contributed by atoms with van der Waals surface area (Å²) in [6.45, 7) is 1.86. The van der Waals surface area contributed by atoms with E-state index in [2.05, 4.69) is 11.9 Å². The lowest BCUT2D eigenvalue weighted by atomic mass is 9.48. The van der Waals surface area contributed by atoms with Crippen LogP contribution in [0.1, 0.15) is 51.4 Å². The predicted molar refractivity (Wildman–Crippen MR) is 146 cm³/mol. The molecule has 1 N–H and O–H groups in total. The van der Waals surface area contributed by atoms with Crippen molar-refractivity contribution in [3.05, 3.63) is 47.5 Å². The van der Waals surface area contributed by atoms with Crippen LogP contribution in [0.2, 0.25) is 5.02 Å². The van der Waals surface area contributed by atoms with Crippen LogP contribution in [0, 0.1) is 23.2 Å². The summed E-state index contributed by atoms with van der Waals surface area (Å²) >= 11 is 6.15. The van der Waals surface area contributed by atoms with E-state index in [0.717, 1.165) is 30.7 Å². The first-order valence-electron chi connectivity index (χ1n) is 13.7. The van der Waals surface area contributed by atoms with Crippen molar-refractivity contribution in [2.24, 2.45) is 23.2 Å². The van der Waals surface area contributed by atoms with E-state index in [1.807, 2.05) is 12.1 Å². The molecule has 0 radical (unpaired) electrons. The molecule has 6 nitrogen and oxygen atoms in total. The fourth-order valence-electron chi connectivity index (χ4n) is 7.93. The molecule has 4 aliphatic carbocycles. The molecule has 2 aromatic carbocycles. The zero-order valence-electron chi connectivity index (χ0n) is 21.5. The molecule has 7 rings (SSSR count). The zero-order chi connectivity index (χ0) is 25.8. The lowest BCUT2D eigenvalue weighted by Gasteiger charge is -2.58. The first kappa shape index (κ1) is 25.5. The molecule has 1 heterocycles. The van der Waals surface area contributed by atoms with E-state index >= 15 is 0 Å². The number of sulfonamides is 1. The number of ether oxygens (including phenoxy) is 1. The van der Waals surface area contributed by atoms with E-state index in [1.165, 1.54) is 48.9 Å². The minimum absolute atomic E-state index is 0.0898. The number of aliphatic hydroxyl groups excluding tert-OH is 1. The lowest BCUT2D eigenvalue weighted by Crippen LogP contribution is -2.54. The summed E-state index contributed by atoms with van der Waals surface area (Å²) in [4.78, 5) is 2.32. The van der Waals surface area contributed by atoms with Gasteiger partial charge in [0, 0.05) is 18.1 Å². The summed E-state index contributed by atoms with van der Waals surface area (Å²) in [7, 11) is -1.75. The van der Waals surface area contributed by atoms with Crippen molar-refractivity contribution >= 4 is 27.3 Å². The molecule has 1 atom stereocenters. The van der Waals surface area contributed by atoms with E-state index in [-0.39, 0.29) is 22.2 Å². The average Bonchev–Trinajstić information content (AvgIpc) is 2.93. The standard InChI is InChI=1S/C29H37ClN2O4S/c1-31(19-28(33)29-16-20-12-21(17-29)14-22(13-20)18-29)10-4-5-11-32-24-6-2-3-7-25(24)36-26-9-8-23(30)15-27(26)37(32,34)35/h2-3,6-9,15,20-22,28,33H,4-5,10-14,16-19H2,1H3/t20?,21?,22?,28-,29?/m0/s1. The molecule has 2 aromatic rings. The van der Waals surface area contributed by atoms with Gasteiger partial charge >= 0.3 is 0 Å². The third kappa shape index (κ3) is 4.77. The molecule has 0 amide bonds. The van der Waals surface area contributed by atoms with Crippen LogP contribution >= 0.6 is 11.6 Å². The second-order valence-electron chi connectivity index (χ2n) is 12.0. The maximum absolute atomic E-state index is 13.7. The van der Waals surface area contributed by atoms with Gasteiger partial charge in [0.05, 0.1) is 11.8 Å². The predicted octanol–water partition coefficient (Wildman–Crippen LogP) is 5.93. The fraction of sp³-hybridized carbons (Fsp3) is 0.586. The van der Waals surface area contributed by atoms with Crippen LogP contribution in [-0.2, 0) is 10.0 Å². The van der Waals surface area contributed by atoms with Gasteiger partial charge in [-0.1, -0.05) is 23.7 Å². The van der Waals surface area contributed by atoms with Crippen LogP contribution in [0.15, 0.2) is 47.4 Å². The number of hydrogen-bond donors (Lipinski definition) is 1. The van der Waals surface area contributed by atoms with E-state index in [9.17, 15) is 13.5 Å². The Balaban J connectivity index is 1.09. The molecule has 0 unspecified atom stereocenters. The number of hydrogen-bond acceptors (Lipinski definition) is 5. The third-order valence-electron chi connectivity index (χ3n) is 9.26. The molecular formula is C29H37ClN2O4S. The number of halogens is 1. The second-order valence-corrected chi connectivity index (χ2v) is 14.3. The van der Waals surface area contributed by atoms with Crippen LogP contribution in [-0.4, -0.2) is 51.2 Å². The van der Waals surface area contributed by atoms with Gasteiger partial charge in [0.1, 0.15) is 10.6 Å². The highest BCUT2D eigenvalue weighted by atomic mass is 35.5. The average molecular weight is 545 g/mol. The number of rotatable bonds is 8. The quantitative estimate of drug-likeness (QED) is 0.417. The second kappa shape index (κ2) is 9.74. The lowest BCUT2D eigenvalue weighted by molar-refractivity contribution is -0.125. The smallest absolute Gasteiger partial charge is 0.268 e. The summed E-state index contributed by atoms with van der Waals surface area (Å²) < 4.78 is 34.8. The maximum atomic E-state index is 13.7. The molecule has 0 spiro atoms. The Bertz CT molecular complexity index is 1230. The van der Waals surface area contributed by atoms with Crippen molar-refractivity contribution in [3.63, 3.8) is 0 Å². The highest BCUT2D eigenvalue weighted by Crippen LogP contribution is 2.61. The summed E-state index contributed by atoms with van der Waals surface area (Å²) in [6.07, 6.45) is 9.00. The van der Waals surface area contributed by atoms with Crippen molar-refractivity contribution in [2.45, 2.75) is 62.4 Å². The molecule has 37 heavy (non-hydrogen) atoms. The molecular weight excluding hydrogens is 508 g/mol. The minimum atomic E-state index is -3.83. The van der Waals surface area contributed by atoms with E-state index in [4.69, 9.17) is 16.3 Å². The zero-order valence-corrected chi connectivity index (χ0v) is 23.1. The number of fused-ring (bicyclic) bond motifs is 2. The SMILES string of the molecule is CN(CCCCN1c2ccccc2Oc2ccc(Cl)cc2S1(=O)=O)C[C@H](O)C12CC3CC(CC(C3)C1)C2. The van der Waals surface area contributed by atoms with Crippen molar-refractivity contribution < 1.29 is 18.3 Å². The van der Waals surface area contributed by atoms with Crippen LogP contribution in [0.25, 0.3) is 0 Å². The number of unbranched alkanes of at least 4 members (excludes halogenated alkanes) is 1. The van der Waals surface area contributed by atoms with Crippen LogP contribution in [0.5, 0.6) is 11.5 Å². The normalized spacial score (nSPS) is 29.9. The Kier molecular flexibility index (Phi) is 6.71. The van der Waals surface area contributed by atoms with Gasteiger partial charge in [-0.3, -0.25) is 4.31 Å². The minimum Gasteiger partial charge on any atom is -0.454 e. The largest absolute Gasteiger partial charge is 0.454 e. The van der Waals surface area contributed by atoms with Crippen molar-refractivity contribution in [1.29, 1.82) is 0 Å². The van der Waals surface area contributed by atoms with Gasteiger partial charge in [-0.05, 0) is 118 Å². The molecule has 200 valence electrons. The molecule has 4 bridgehead atoms. The Morgan fingerprint density at radius 1 is 1.05 bits per heavy atom. The van der Waals surface area contributed by atoms with Gasteiger partial charge in [0.15, 0.2) is 5.75 Å². The highest BCUT2D eigenvalue weighted by Gasteiger charge is 2.54. The van der Waals surface area contributed by atoms with E-state index in [0.29, 0.717) is 36.0 Å². The van der Waals surface area contributed by atoms with E-state index < -0.39 is 10.0 Å². The first-order chi connectivity index (χ1) is 17.7. The highest BCUT2D eigenvalue weighted by molar-refractivity contribution is 7.93. The van der Waals surface area contributed by atoms with E-state index in [1.54, 1.807) is 24.3 Å². The number of anilines is 1. The van der Waals surface area contributed by atoms with Crippen molar-refractivity contribution in [3.8, 4) is 11.5 Å². The summed E-state index contributed by atoms with van der Waals surface area (Å²) in [5.74, 6) is 3.29. The monoisotopic (exact) mass is 544 g/mol. The summed E-state index contributed by atoms with van der Waals surface area (Å²) in [5, 5.41) is 11.7. The first-order valence-corrected chi connectivity index (χ1v) is 15.5. The van der Waals surface area contributed by atoms with Crippen LogP contribution < -0.4 is 9.04 Å². The Morgan fingerprint density at radius 2 is 1.73 bits per heavy atom. The molecule has 5 aliphatic rings. The van der Waals surface area contributed by atoms with Crippen LogP contribution in [0.4, 0.5) is 5.69 Å². The Labute approximate surface area is 225 Å². The topological polar surface area (TPSA) is 70.1 Å². The van der Waals surface area contributed by atoms with Crippen LogP contribution in [0.3, 0.4) is 0 Å². The summed E-state index contributed by atoms with van der Waals surface area (Å²) in [5.41, 5.74) is 0.669. The Hall–Kier alpha value is -1.80.